The van der Waals surface area contributed by atoms with Gasteiger partial charge in [-0.25, -0.2) is 4.98 Å². The molecule has 3 heterocycles. The van der Waals surface area contributed by atoms with E-state index in [1.54, 1.807) is 18.7 Å². The molecule has 1 aromatic carbocycles. The topological polar surface area (TPSA) is 69.8 Å². The summed E-state index contributed by atoms with van der Waals surface area (Å²) < 4.78 is 7.76. The van der Waals surface area contributed by atoms with Gasteiger partial charge in [-0.2, -0.15) is 15.0 Å². The summed E-state index contributed by atoms with van der Waals surface area (Å²) in [6, 6.07) is 8.31. The summed E-state index contributed by atoms with van der Waals surface area (Å²) in [6.07, 6.45) is 9.39. The van der Waals surface area contributed by atoms with Gasteiger partial charge in [0, 0.05) is 18.1 Å². The van der Waals surface area contributed by atoms with E-state index in [9.17, 15) is 0 Å². The van der Waals surface area contributed by atoms with Crippen LogP contribution in [0.15, 0.2) is 49.2 Å². The molecule has 0 amide bonds. The molecule has 3 aromatic rings. The van der Waals surface area contributed by atoms with Crippen molar-refractivity contribution in [3.63, 3.8) is 0 Å². The molecule has 2 aromatic heterocycles. The second-order valence-electron chi connectivity index (χ2n) is 5.89. The highest BCUT2D eigenvalue weighted by Gasteiger charge is 2.17. The quantitative estimate of drug-likeness (QED) is 0.777. The highest BCUT2D eigenvalue weighted by atomic mass is 16.5. The molecule has 7 nitrogen and oxygen atoms in total. The summed E-state index contributed by atoms with van der Waals surface area (Å²) in [7, 11) is 0. The molecular weight excluding hydrogens is 304 g/mol. The Morgan fingerprint density at radius 3 is 2.75 bits per heavy atom. The van der Waals surface area contributed by atoms with Gasteiger partial charge in [0.15, 0.2) is 0 Å². The zero-order valence-corrected chi connectivity index (χ0v) is 13.4. The molecule has 1 saturated heterocycles. The molecule has 124 valence electrons. The first kappa shape index (κ1) is 14.9. The number of nitrogens with zero attached hydrogens (tertiary/aromatic N) is 5. The third-order valence-corrected chi connectivity index (χ3v) is 4.22. The number of ether oxygens (including phenoxy) is 1. The molecule has 7 heteroatoms. The molecular formula is C17H20N6O. The molecule has 0 saturated carbocycles. The predicted molar refractivity (Wildman–Crippen MR) is 89.1 cm³/mol. The normalized spacial score (nSPS) is 15.5. The fraction of sp³-hybridized carbons (Fsp3) is 0.353. The van der Waals surface area contributed by atoms with Crippen molar-refractivity contribution < 1.29 is 4.74 Å². The largest absolute Gasteiger partial charge is 0.487 e. The van der Waals surface area contributed by atoms with Crippen LogP contribution in [0.3, 0.4) is 0 Å². The van der Waals surface area contributed by atoms with Gasteiger partial charge in [0.25, 0.3) is 0 Å². The van der Waals surface area contributed by atoms with Crippen LogP contribution in [-0.2, 0) is 6.61 Å². The van der Waals surface area contributed by atoms with Crippen LogP contribution in [0.4, 0.5) is 0 Å². The second kappa shape index (κ2) is 6.84. The lowest BCUT2D eigenvalue weighted by molar-refractivity contribution is 0.287. The number of rotatable bonds is 5. The zero-order valence-electron chi connectivity index (χ0n) is 13.4. The van der Waals surface area contributed by atoms with E-state index in [0.717, 1.165) is 43.1 Å². The monoisotopic (exact) mass is 324 g/mol. The maximum atomic E-state index is 5.81. The first-order valence-electron chi connectivity index (χ1n) is 8.21. The molecule has 0 aliphatic carbocycles. The second-order valence-corrected chi connectivity index (χ2v) is 5.89. The number of nitrogens with one attached hydrogen (secondary N) is 1. The van der Waals surface area contributed by atoms with Gasteiger partial charge in [0.05, 0.1) is 18.6 Å². The average molecular weight is 324 g/mol. The van der Waals surface area contributed by atoms with Crippen molar-refractivity contribution in [1.29, 1.82) is 0 Å². The Balaban J connectivity index is 1.36. The van der Waals surface area contributed by atoms with Crippen LogP contribution < -0.4 is 10.1 Å². The molecule has 1 aliphatic rings. The van der Waals surface area contributed by atoms with Crippen LogP contribution in [0.1, 0.15) is 24.6 Å². The number of hydrogen-bond donors (Lipinski definition) is 1. The van der Waals surface area contributed by atoms with Crippen molar-refractivity contribution in [2.45, 2.75) is 25.5 Å². The number of hydrogen-bond acceptors (Lipinski definition) is 5. The van der Waals surface area contributed by atoms with E-state index in [-0.39, 0.29) is 0 Å². The molecule has 0 bridgehead atoms. The fourth-order valence-electron chi connectivity index (χ4n) is 2.87. The molecule has 1 aliphatic heterocycles. The van der Waals surface area contributed by atoms with E-state index >= 15 is 0 Å². The first-order chi connectivity index (χ1) is 11.9. The number of benzene rings is 1. The molecule has 24 heavy (non-hydrogen) atoms. The lowest BCUT2D eigenvalue weighted by Crippen LogP contribution is -2.30. The molecule has 4 rings (SSSR count). The summed E-state index contributed by atoms with van der Waals surface area (Å²) in [5, 5.41) is 12.3. The van der Waals surface area contributed by atoms with Gasteiger partial charge in [-0.15, -0.1) is 0 Å². The van der Waals surface area contributed by atoms with Crippen molar-refractivity contribution in [2.24, 2.45) is 0 Å². The summed E-state index contributed by atoms with van der Waals surface area (Å²) in [4.78, 5) is 5.88. The Labute approximate surface area is 140 Å². The predicted octanol–water partition coefficient (Wildman–Crippen LogP) is 1.97. The van der Waals surface area contributed by atoms with Gasteiger partial charge in [-0.3, -0.25) is 0 Å². The van der Waals surface area contributed by atoms with E-state index in [1.807, 2.05) is 39.8 Å². The Hall–Kier alpha value is -2.67. The van der Waals surface area contributed by atoms with Crippen molar-refractivity contribution in [2.75, 3.05) is 13.1 Å². The lowest BCUT2D eigenvalue weighted by atomic mass is 10.1. The van der Waals surface area contributed by atoms with Crippen LogP contribution in [0, 0.1) is 0 Å². The fourth-order valence-corrected chi connectivity index (χ4v) is 2.87. The Morgan fingerprint density at radius 1 is 1.17 bits per heavy atom. The zero-order chi connectivity index (χ0) is 16.2. The summed E-state index contributed by atoms with van der Waals surface area (Å²) in [6.45, 7) is 2.48. The van der Waals surface area contributed by atoms with Gasteiger partial charge >= 0.3 is 0 Å². The molecule has 1 fully saturated rings. The van der Waals surface area contributed by atoms with E-state index in [4.69, 9.17) is 4.74 Å². The maximum Gasteiger partial charge on any atom is 0.134 e. The van der Waals surface area contributed by atoms with E-state index < -0.39 is 0 Å². The highest BCUT2D eigenvalue weighted by molar-refractivity contribution is 5.37. The van der Waals surface area contributed by atoms with Gasteiger partial charge < -0.3 is 14.6 Å². The Kier molecular flexibility index (Phi) is 4.24. The van der Waals surface area contributed by atoms with E-state index in [0.29, 0.717) is 12.6 Å². The van der Waals surface area contributed by atoms with Crippen LogP contribution in [0.25, 0.3) is 5.69 Å². The first-order valence-corrected chi connectivity index (χ1v) is 8.21. The molecule has 0 unspecified atom stereocenters. The van der Waals surface area contributed by atoms with Crippen LogP contribution in [0.5, 0.6) is 5.75 Å². The van der Waals surface area contributed by atoms with Crippen molar-refractivity contribution in [3.8, 4) is 11.4 Å². The number of aromatic nitrogens is 5. The minimum atomic E-state index is 0.398. The third-order valence-electron chi connectivity index (χ3n) is 4.22. The van der Waals surface area contributed by atoms with Crippen molar-refractivity contribution in [1.82, 2.24) is 29.9 Å². The lowest BCUT2D eigenvalue weighted by Gasteiger charge is -2.21. The van der Waals surface area contributed by atoms with Gasteiger partial charge in [0.1, 0.15) is 18.1 Å². The minimum Gasteiger partial charge on any atom is -0.487 e. The van der Waals surface area contributed by atoms with E-state index in [1.165, 1.54) is 0 Å². The molecule has 0 radical (unpaired) electrons. The average Bonchev–Trinajstić information content (AvgIpc) is 3.33. The van der Waals surface area contributed by atoms with Crippen LogP contribution >= 0.6 is 0 Å². The summed E-state index contributed by atoms with van der Waals surface area (Å²) in [5.41, 5.74) is 1.91. The third kappa shape index (κ3) is 3.30. The van der Waals surface area contributed by atoms with E-state index in [2.05, 4.69) is 20.5 Å². The van der Waals surface area contributed by atoms with Gasteiger partial charge in [-0.05, 0) is 50.2 Å². The number of piperidine rings is 1. The highest BCUT2D eigenvalue weighted by Crippen LogP contribution is 2.18. The van der Waals surface area contributed by atoms with Gasteiger partial charge in [0.2, 0.25) is 0 Å². The van der Waals surface area contributed by atoms with Crippen molar-refractivity contribution in [3.05, 3.63) is 54.9 Å². The maximum absolute atomic E-state index is 5.81. The minimum absolute atomic E-state index is 0.398. The van der Waals surface area contributed by atoms with Crippen LogP contribution in [0.2, 0.25) is 0 Å². The molecule has 1 N–H and O–H groups in total. The SMILES string of the molecule is c1cn(-c2ccc(OCc3cnn(C4CCNCC4)n3)cc2)cn1. The van der Waals surface area contributed by atoms with Crippen LogP contribution in [-0.4, -0.2) is 37.6 Å². The van der Waals surface area contributed by atoms with Gasteiger partial charge in [-0.1, -0.05) is 0 Å². The smallest absolute Gasteiger partial charge is 0.134 e. The summed E-state index contributed by atoms with van der Waals surface area (Å²) in [5.74, 6) is 0.815. The Morgan fingerprint density at radius 2 is 2.00 bits per heavy atom. The van der Waals surface area contributed by atoms with Crippen molar-refractivity contribution >= 4 is 0 Å². The number of imidazole rings is 1. The summed E-state index contributed by atoms with van der Waals surface area (Å²) >= 11 is 0. The molecule has 0 spiro atoms. The Bertz CT molecular complexity index is 759. The standard InChI is InChI=1S/C17H20N6O/c1-3-17(4-2-15(1)22-10-9-19-13-22)24-12-14-11-20-23(21-14)16-5-7-18-8-6-16/h1-4,9-11,13,16,18H,5-8,12H2. The molecule has 0 atom stereocenters.